The zero-order valence-corrected chi connectivity index (χ0v) is 8.00. The minimum absolute atomic E-state index is 0.0919. The largest absolute Gasteiger partial charge is 0.488 e. The van der Waals surface area contributed by atoms with E-state index in [2.05, 4.69) is 4.98 Å². The van der Waals surface area contributed by atoms with Crippen LogP contribution in [0.3, 0.4) is 0 Å². The highest BCUT2D eigenvalue weighted by Crippen LogP contribution is 2.24. The molecule has 7 heteroatoms. The standard InChI is InChI=1S/C6H8BF3NOS/c1-4-5(2)12-6(11-4)13-3-7(8,9)10/h3H2,1-2H3/q-1. The average Bonchev–Trinajstić information content (AvgIpc) is 2.27. The molecular formula is C6H8BF3NOS-. The number of thioether (sulfide) groups is 1. The summed E-state index contributed by atoms with van der Waals surface area (Å²) in [4.78, 5) is 3.82. The summed E-state index contributed by atoms with van der Waals surface area (Å²) in [6.07, 6.45) is 0. The number of nitrogens with zero attached hydrogens (tertiary/aromatic N) is 1. The van der Waals surface area contributed by atoms with Crippen molar-refractivity contribution in [3.8, 4) is 0 Å². The Morgan fingerprint density at radius 1 is 1.38 bits per heavy atom. The highest BCUT2D eigenvalue weighted by Gasteiger charge is 2.24. The van der Waals surface area contributed by atoms with E-state index in [0.717, 1.165) is 0 Å². The van der Waals surface area contributed by atoms with E-state index < -0.39 is 12.6 Å². The zero-order chi connectivity index (χ0) is 10.1. The Kier molecular flexibility index (Phi) is 2.95. The van der Waals surface area contributed by atoms with Crippen LogP contribution in [0.25, 0.3) is 0 Å². The molecule has 0 saturated heterocycles. The molecule has 2 nitrogen and oxygen atoms in total. The van der Waals surface area contributed by atoms with Crippen molar-refractivity contribution in [3.63, 3.8) is 0 Å². The van der Waals surface area contributed by atoms with Crippen molar-refractivity contribution < 1.29 is 17.4 Å². The van der Waals surface area contributed by atoms with Gasteiger partial charge in [-0.25, -0.2) is 4.98 Å². The maximum absolute atomic E-state index is 11.8. The minimum Gasteiger partial charge on any atom is -0.448 e. The van der Waals surface area contributed by atoms with Gasteiger partial charge in [0.15, 0.2) is 0 Å². The van der Waals surface area contributed by atoms with E-state index in [1.54, 1.807) is 13.8 Å². The second-order valence-electron chi connectivity index (χ2n) is 2.64. The predicted molar refractivity (Wildman–Crippen MR) is 45.8 cm³/mol. The average molecular weight is 210 g/mol. The molecule has 1 rings (SSSR count). The van der Waals surface area contributed by atoms with E-state index in [-0.39, 0.29) is 5.22 Å². The first kappa shape index (κ1) is 10.5. The summed E-state index contributed by atoms with van der Waals surface area (Å²) in [5.41, 5.74) is -0.267. The third-order valence-electron chi connectivity index (χ3n) is 1.40. The molecule has 0 amide bonds. The first-order chi connectivity index (χ1) is 5.88. The Hall–Kier alpha value is -0.585. The molecule has 1 aromatic heterocycles. The van der Waals surface area contributed by atoms with Crippen LogP contribution < -0.4 is 0 Å². The Morgan fingerprint density at radius 3 is 2.38 bits per heavy atom. The molecule has 0 aliphatic carbocycles. The fraction of sp³-hybridized carbons (Fsp3) is 0.500. The molecule has 0 atom stereocenters. The monoisotopic (exact) mass is 210 g/mol. The highest BCUT2D eigenvalue weighted by atomic mass is 32.2. The molecule has 13 heavy (non-hydrogen) atoms. The van der Waals surface area contributed by atoms with Gasteiger partial charge in [-0.05, 0) is 19.5 Å². The van der Waals surface area contributed by atoms with Gasteiger partial charge < -0.3 is 17.4 Å². The van der Waals surface area contributed by atoms with Crippen LogP contribution in [0.2, 0.25) is 0 Å². The summed E-state index contributed by atoms with van der Waals surface area (Å²) in [6.45, 7) is -1.40. The fourth-order valence-corrected chi connectivity index (χ4v) is 1.39. The number of rotatable bonds is 3. The molecular weight excluding hydrogens is 202 g/mol. The van der Waals surface area contributed by atoms with Gasteiger partial charge in [0.2, 0.25) is 0 Å². The number of oxazole rings is 1. The molecule has 0 spiro atoms. The smallest absolute Gasteiger partial charge is 0.448 e. The van der Waals surface area contributed by atoms with E-state index in [0.29, 0.717) is 23.2 Å². The second kappa shape index (κ2) is 3.65. The molecule has 0 fully saturated rings. The van der Waals surface area contributed by atoms with Gasteiger partial charge in [0.1, 0.15) is 5.76 Å². The van der Waals surface area contributed by atoms with Crippen LogP contribution >= 0.6 is 11.8 Å². The zero-order valence-electron chi connectivity index (χ0n) is 7.18. The number of aromatic nitrogens is 1. The molecule has 0 aromatic carbocycles. The van der Waals surface area contributed by atoms with Gasteiger partial charge >= 0.3 is 6.98 Å². The van der Waals surface area contributed by atoms with Gasteiger partial charge in [0, 0.05) is 0 Å². The number of aryl methyl sites for hydroxylation is 2. The maximum atomic E-state index is 11.8. The first-order valence-electron chi connectivity index (χ1n) is 3.66. The van der Waals surface area contributed by atoms with E-state index in [4.69, 9.17) is 4.42 Å². The lowest BCUT2D eigenvalue weighted by molar-refractivity contribution is 0.430. The van der Waals surface area contributed by atoms with Crippen LogP contribution in [0, 0.1) is 13.8 Å². The number of hydrogen-bond acceptors (Lipinski definition) is 3. The van der Waals surface area contributed by atoms with Crippen molar-refractivity contribution in [1.82, 2.24) is 4.98 Å². The molecule has 0 unspecified atom stereocenters. The van der Waals surface area contributed by atoms with Gasteiger partial charge in [0.25, 0.3) is 5.22 Å². The summed E-state index contributed by atoms with van der Waals surface area (Å²) < 4.78 is 40.4. The summed E-state index contributed by atoms with van der Waals surface area (Å²) >= 11 is 0.587. The minimum atomic E-state index is -4.77. The van der Waals surface area contributed by atoms with Crippen molar-refractivity contribution in [1.29, 1.82) is 0 Å². The van der Waals surface area contributed by atoms with E-state index >= 15 is 0 Å². The van der Waals surface area contributed by atoms with Crippen LogP contribution in [0.5, 0.6) is 0 Å². The van der Waals surface area contributed by atoms with Gasteiger partial charge in [-0.3, -0.25) is 0 Å². The van der Waals surface area contributed by atoms with Crippen molar-refractivity contribution in [2.24, 2.45) is 0 Å². The molecule has 0 N–H and O–H groups in total. The Labute approximate surface area is 78.0 Å². The lowest BCUT2D eigenvalue weighted by Crippen LogP contribution is -2.18. The number of halogens is 3. The first-order valence-corrected chi connectivity index (χ1v) is 4.65. The molecule has 0 aliphatic rings. The predicted octanol–water partition coefficient (Wildman–Crippen LogP) is 2.77. The van der Waals surface area contributed by atoms with Gasteiger partial charge in [-0.15, -0.1) is 0 Å². The molecule has 0 bridgehead atoms. The Bertz CT molecular complexity index is 279. The lowest BCUT2D eigenvalue weighted by Gasteiger charge is -2.10. The second-order valence-corrected chi connectivity index (χ2v) is 3.61. The van der Waals surface area contributed by atoms with Gasteiger partial charge in [-0.2, -0.15) is 0 Å². The third kappa shape index (κ3) is 3.34. The van der Waals surface area contributed by atoms with E-state index in [1.165, 1.54) is 0 Å². The van der Waals surface area contributed by atoms with Crippen molar-refractivity contribution in [2.75, 3.05) is 5.65 Å². The van der Waals surface area contributed by atoms with Gasteiger partial charge in [0.05, 0.1) is 5.69 Å². The third-order valence-corrected chi connectivity index (χ3v) is 2.37. The van der Waals surface area contributed by atoms with E-state index in [1.807, 2.05) is 0 Å². The van der Waals surface area contributed by atoms with Crippen LogP contribution in [-0.2, 0) is 0 Å². The Morgan fingerprint density at radius 2 is 2.00 bits per heavy atom. The summed E-state index contributed by atoms with van der Waals surface area (Å²) in [6, 6.07) is 0. The van der Waals surface area contributed by atoms with Crippen molar-refractivity contribution in [2.45, 2.75) is 19.1 Å². The van der Waals surface area contributed by atoms with Crippen molar-refractivity contribution >= 4 is 18.7 Å². The summed E-state index contributed by atoms with van der Waals surface area (Å²) in [7, 11) is 0. The molecule has 1 heterocycles. The van der Waals surface area contributed by atoms with Crippen LogP contribution in [0.15, 0.2) is 9.64 Å². The van der Waals surface area contributed by atoms with E-state index in [9.17, 15) is 12.9 Å². The maximum Gasteiger partial charge on any atom is 0.488 e. The van der Waals surface area contributed by atoms with Crippen molar-refractivity contribution in [3.05, 3.63) is 11.5 Å². The fourth-order valence-electron chi connectivity index (χ4n) is 0.671. The molecule has 0 saturated carbocycles. The normalized spacial score (nSPS) is 12.1. The van der Waals surface area contributed by atoms with Crippen LogP contribution in [0.1, 0.15) is 11.5 Å². The molecule has 0 radical (unpaired) electrons. The molecule has 1 aromatic rings. The quantitative estimate of drug-likeness (QED) is 0.566. The van der Waals surface area contributed by atoms with Crippen LogP contribution in [0.4, 0.5) is 12.9 Å². The lowest BCUT2D eigenvalue weighted by atomic mass is 9.98. The summed E-state index contributed by atoms with van der Waals surface area (Å²) in [5.74, 6) is 0.567. The van der Waals surface area contributed by atoms with Gasteiger partial charge in [-0.1, -0.05) is 11.8 Å². The molecule has 74 valence electrons. The SMILES string of the molecule is Cc1nc(SC[B-](F)(F)F)oc1C. The molecule has 0 aliphatic heterocycles. The Balaban J connectivity index is 2.56. The highest BCUT2D eigenvalue weighted by molar-refractivity contribution is 8.00. The topological polar surface area (TPSA) is 26.0 Å². The van der Waals surface area contributed by atoms with Crippen LogP contribution in [-0.4, -0.2) is 17.6 Å². The summed E-state index contributed by atoms with van der Waals surface area (Å²) in [5, 5.41) is 0.0919. The number of hydrogen-bond donors (Lipinski definition) is 0.